The van der Waals surface area contributed by atoms with Gasteiger partial charge in [0.1, 0.15) is 5.69 Å². The lowest BCUT2D eigenvalue weighted by molar-refractivity contribution is -0.141. The largest absolute Gasteiger partial charge is 0.433 e. The summed E-state index contributed by atoms with van der Waals surface area (Å²) >= 11 is 1.53. The molecule has 2 N–H and O–H groups in total. The number of thioether (sulfide) groups is 1. The Morgan fingerprint density at radius 2 is 2.22 bits per heavy atom. The second-order valence-corrected chi connectivity index (χ2v) is 4.48. The average molecular weight is 281 g/mol. The van der Waals surface area contributed by atoms with Crippen LogP contribution in [0.25, 0.3) is 0 Å². The molecule has 0 radical (unpaired) electrons. The molecule has 0 aliphatic rings. The third-order valence-electron chi connectivity index (χ3n) is 2.12. The Bertz CT molecular complexity index is 370. The molecule has 0 aliphatic carbocycles. The molecule has 1 heterocycles. The number of aliphatic hydroxyl groups is 1. The summed E-state index contributed by atoms with van der Waals surface area (Å²) in [6.45, 7) is -0.0445. The fraction of sp³-hybridized carbons (Fsp3) is 0.600. The van der Waals surface area contributed by atoms with Crippen molar-refractivity contribution >= 4 is 17.7 Å². The standard InChI is InChI=1S/C10H14F3N3OS/c1-18-6-7(3-5-17)15-9-14-4-2-8(16-9)10(11,12)13/h2,4,7,17H,3,5-6H2,1H3,(H,14,15,16)/t7-/m0/s1. The van der Waals surface area contributed by atoms with E-state index < -0.39 is 11.9 Å². The van der Waals surface area contributed by atoms with Crippen LogP contribution in [0, 0.1) is 0 Å². The van der Waals surface area contributed by atoms with E-state index >= 15 is 0 Å². The zero-order chi connectivity index (χ0) is 13.6. The average Bonchev–Trinajstić information content (AvgIpc) is 2.29. The van der Waals surface area contributed by atoms with Crippen molar-refractivity contribution < 1.29 is 18.3 Å². The van der Waals surface area contributed by atoms with Gasteiger partial charge in [0, 0.05) is 24.6 Å². The van der Waals surface area contributed by atoms with E-state index in [0.29, 0.717) is 12.2 Å². The topological polar surface area (TPSA) is 58.0 Å². The number of aromatic nitrogens is 2. The lowest BCUT2D eigenvalue weighted by atomic mass is 10.2. The Morgan fingerprint density at radius 3 is 2.78 bits per heavy atom. The molecule has 0 spiro atoms. The van der Waals surface area contributed by atoms with Gasteiger partial charge in [0.2, 0.25) is 5.95 Å². The van der Waals surface area contributed by atoms with Crippen molar-refractivity contribution in [3.63, 3.8) is 0 Å². The van der Waals surface area contributed by atoms with Gasteiger partial charge in [-0.2, -0.15) is 24.9 Å². The highest BCUT2D eigenvalue weighted by atomic mass is 32.2. The zero-order valence-corrected chi connectivity index (χ0v) is 10.6. The molecule has 1 aromatic rings. The van der Waals surface area contributed by atoms with Gasteiger partial charge < -0.3 is 10.4 Å². The fourth-order valence-corrected chi connectivity index (χ4v) is 1.98. The molecule has 0 bridgehead atoms. The fourth-order valence-electron chi connectivity index (χ4n) is 1.32. The van der Waals surface area contributed by atoms with Crippen LogP contribution in [0.4, 0.5) is 19.1 Å². The van der Waals surface area contributed by atoms with E-state index in [1.165, 1.54) is 11.8 Å². The summed E-state index contributed by atoms with van der Waals surface area (Å²) in [7, 11) is 0. The molecule has 18 heavy (non-hydrogen) atoms. The van der Waals surface area contributed by atoms with Crippen LogP contribution < -0.4 is 5.32 Å². The molecule has 102 valence electrons. The van der Waals surface area contributed by atoms with E-state index in [1.54, 1.807) is 0 Å². The summed E-state index contributed by atoms with van der Waals surface area (Å²) in [6.07, 6.45) is -1.11. The van der Waals surface area contributed by atoms with Crippen LogP contribution in [0.1, 0.15) is 12.1 Å². The number of nitrogens with one attached hydrogen (secondary N) is 1. The maximum atomic E-state index is 12.4. The van der Waals surface area contributed by atoms with Crippen LogP contribution in [0.5, 0.6) is 0 Å². The van der Waals surface area contributed by atoms with Gasteiger partial charge >= 0.3 is 6.18 Å². The number of hydrogen-bond donors (Lipinski definition) is 2. The first kappa shape index (κ1) is 15.0. The highest BCUT2D eigenvalue weighted by Crippen LogP contribution is 2.27. The third kappa shape index (κ3) is 4.69. The Balaban J connectivity index is 2.77. The van der Waals surface area contributed by atoms with Gasteiger partial charge in [-0.1, -0.05) is 0 Å². The van der Waals surface area contributed by atoms with Crippen molar-refractivity contribution in [2.24, 2.45) is 0 Å². The molecule has 1 rings (SSSR count). The molecule has 0 amide bonds. The number of aliphatic hydroxyl groups excluding tert-OH is 1. The van der Waals surface area contributed by atoms with E-state index in [1.807, 2.05) is 6.26 Å². The summed E-state index contributed by atoms with van der Waals surface area (Å²) in [5.41, 5.74) is -0.980. The van der Waals surface area contributed by atoms with E-state index in [4.69, 9.17) is 5.11 Å². The number of alkyl halides is 3. The lowest BCUT2D eigenvalue weighted by Gasteiger charge is -2.17. The normalized spacial score (nSPS) is 13.4. The van der Waals surface area contributed by atoms with Crippen LogP contribution in [0.3, 0.4) is 0 Å². The van der Waals surface area contributed by atoms with E-state index in [2.05, 4.69) is 15.3 Å². The van der Waals surface area contributed by atoms with Gasteiger partial charge in [-0.3, -0.25) is 0 Å². The predicted octanol–water partition coefficient (Wildman–Crippen LogP) is 2.02. The molecule has 0 aliphatic heterocycles. The molecule has 8 heteroatoms. The molecular formula is C10H14F3N3OS. The van der Waals surface area contributed by atoms with E-state index in [-0.39, 0.29) is 18.6 Å². The summed E-state index contributed by atoms with van der Waals surface area (Å²) in [5.74, 6) is 0.581. The monoisotopic (exact) mass is 281 g/mol. The zero-order valence-electron chi connectivity index (χ0n) is 9.74. The molecule has 4 nitrogen and oxygen atoms in total. The molecule has 0 saturated carbocycles. The van der Waals surface area contributed by atoms with Crippen molar-refractivity contribution in [2.45, 2.75) is 18.6 Å². The number of anilines is 1. The maximum absolute atomic E-state index is 12.4. The highest BCUT2D eigenvalue weighted by Gasteiger charge is 2.32. The Morgan fingerprint density at radius 1 is 1.50 bits per heavy atom. The van der Waals surface area contributed by atoms with Crippen molar-refractivity contribution in [3.05, 3.63) is 18.0 Å². The summed E-state index contributed by atoms with van der Waals surface area (Å²) in [5, 5.41) is 11.6. The highest BCUT2D eigenvalue weighted by molar-refractivity contribution is 7.98. The first-order valence-electron chi connectivity index (χ1n) is 5.24. The van der Waals surface area contributed by atoms with E-state index in [0.717, 1.165) is 12.3 Å². The SMILES string of the molecule is CSC[C@H](CCO)Nc1nccc(C(F)(F)F)n1. The summed E-state index contributed by atoms with van der Waals surface area (Å²) in [4.78, 5) is 7.15. The molecule has 1 atom stereocenters. The minimum absolute atomic E-state index is 0.0445. The molecule has 1 aromatic heterocycles. The van der Waals surface area contributed by atoms with Gasteiger partial charge in [0.25, 0.3) is 0 Å². The second kappa shape index (κ2) is 6.79. The minimum atomic E-state index is -4.48. The van der Waals surface area contributed by atoms with Gasteiger partial charge in [0.05, 0.1) is 0 Å². The number of hydrogen-bond acceptors (Lipinski definition) is 5. The van der Waals surface area contributed by atoms with Crippen LogP contribution >= 0.6 is 11.8 Å². The minimum Gasteiger partial charge on any atom is -0.396 e. The van der Waals surface area contributed by atoms with Crippen LogP contribution in [-0.2, 0) is 6.18 Å². The first-order chi connectivity index (χ1) is 8.47. The third-order valence-corrected chi connectivity index (χ3v) is 2.86. The van der Waals surface area contributed by atoms with Gasteiger partial charge in [-0.15, -0.1) is 0 Å². The number of halogens is 3. The Hall–Kier alpha value is -1.02. The van der Waals surface area contributed by atoms with Crippen molar-refractivity contribution in [1.29, 1.82) is 0 Å². The molecule has 0 saturated heterocycles. The van der Waals surface area contributed by atoms with Crippen molar-refractivity contribution in [3.8, 4) is 0 Å². The van der Waals surface area contributed by atoms with Crippen LogP contribution in [-0.4, -0.2) is 39.7 Å². The predicted molar refractivity (Wildman–Crippen MR) is 64.5 cm³/mol. The summed E-state index contributed by atoms with van der Waals surface area (Å²) < 4.78 is 37.3. The number of rotatable bonds is 6. The Labute approximate surface area is 107 Å². The quantitative estimate of drug-likeness (QED) is 0.835. The van der Waals surface area contributed by atoms with Crippen LogP contribution in [0.15, 0.2) is 12.3 Å². The first-order valence-corrected chi connectivity index (χ1v) is 6.63. The lowest BCUT2D eigenvalue weighted by Crippen LogP contribution is -2.25. The summed E-state index contributed by atoms with van der Waals surface area (Å²) in [6, 6.07) is 0.661. The van der Waals surface area contributed by atoms with Crippen molar-refractivity contribution in [1.82, 2.24) is 9.97 Å². The maximum Gasteiger partial charge on any atom is 0.433 e. The van der Waals surface area contributed by atoms with Gasteiger partial charge in [-0.05, 0) is 18.7 Å². The van der Waals surface area contributed by atoms with Gasteiger partial charge in [0.15, 0.2) is 0 Å². The van der Waals surface area contributed by atoms with Crippen molar-refractivity contribution in [2.75, 3.05) is 23.9 Å². The molecule has 0 unspecified atom stereocenters. The van der Waals surface area contributed by atoms with E-state index in [9.17, 15) is 13.2 Å². The van der Waals surface area contributed by atoms with Crippen LogP contribution in [0.2, 0.25) is 0 Å². The number of nitrogens with zero attached hydrogens (tertiary/aromatic N) is 2. The molecule has 0 aromatic carbocycles. The van der Waals surface area contributed by atoms with Gasteiger partial charge in [-0.25, -0.2) is 9.97 Å². The Kier molecular flexibility index (Phi) is 5.67. The smallest absolute Gasteiger partial charge is 0.396 e. The molecular weight excluding hydrogens is 267 g/mol. The molecule has 0 fully saturated rings. The second-order valence-electron chi connectivity index (χ2n) is 3.57.